The van der Waals surface area contributed by atoms with Gasteiger partial charge in [0.1, 0.15) is 11.5 Å². The lowest BCUT2D eigenvalue weighted by Crippen LogP contribution is -2.15. The largest absolute Gasteiger partial charge is 0.455 e. The van der Waals surface area contributed by atoms with Crippen molar-refractivity contribution in [1.82, 2.24) is 10.3 Å². The fourth-order valence-electron chi connectivity index (χ4n) is 2.34. The van der Waals surface area contributed by atoms with Crippen LogP contribution in [-0.2, 0) is 6.54 Å². The first kappa shape index (κ1) is 14.1. The van der Waals surface area contributed by atoms with Crippen molar-refractivity contribution < 1.29 is 4.74 Å². The Morgan fingerprint density at radius 3 is 2.81 bits per heavy atom. The second-order valence-corrected chi connectivity index (χ2v) is 5.98. The maximum atomic E-state index is 6.04. The monoisotopic (exact) mass is 282 g/mol. The Labute approximate surface area is 126 Å². The van der Waals surface area contributed by atoms with Crippen LogP contribution in [0.5, 0.6) is 11.5 Å². The molecular weight excluding hydrogens is 260 g/mol. The molecule has 1 aromatic heterocycles. The fraction of sp³-hybridized carbons (Fsp3) is 0.389. The summed E-state index contributed by atoms with van der Waals surface area (Å²) < 4.78 is 6.04. The van der Waals surface area contributed by atoms with Crippen LogP contribution in [0, 0.1) is 0 Å². The first-order valence-electron chi connectivity index (χ1n) is 7.66. The van der Waals surface area contributed by atoms with Crippen LogP contribution in [0.2, 0.25) is 0 Å². The van der Waals surface area contributed by atoms with Gasteiger partial charge in [-0.2, -0.15) is 0 Å². The van der Waals surface area contributed by atoms with Crippen LogP contribution in [0.4, 0.5) is 0 Å². The van der Waals surface area contributed by atoms with Gasteiger partial charge in [0.2, 0.25) is 0 Å². The molecule has 0 aliphatic heterocycles. The van der Waals surface area contributed by atoms with Gasteiger partial charge in [0.15, 0.2) is 0 Å². The van der Waals surface area contributed by atoms with Gasteiger partial charge in [-0.25, -0.2) is 0 Å². The molecule has 0 unspecified atom stereocenters. The third-order valence-electron chi connectivity index (χ3n) is 3.71. The van der Waals surface area contributed by atoms with Crippen LogP contribution in [0.3, 0.4) is 0 Å². The molecule has 1 aliphatic rings. The molecule has 1 aliphatic carbocycles. The molecule has 0 radical (unpaired) electrons. The molecule has 0 amide bonds. The fourth-order valence-corrected chi connectivity index (χ4v) is 2.34. The first-order chi connectivity index (χ1) is 10.2. The lowest BCUT2D eigenvalue weighted by molar-refractivity contribution is 0.469. The molecule has 1 fully saturated rings. The zero-order chi connectivity index (χ0) is 14.7. The van der Waals surface area contributed by atoms with Gasteiger partial charge in [-0.05, 0) is 42.0 Å². The molecular formula is C18H22N2O. The van der Waals surface area contributed by atoms with E-state index in [4.69, 9.17) is 4.74 Å². The molecule has 1 N–H and O–H groups in total. The Morgan fingerprint density at radius 2 is 2.05 bits per heavy atom. The number of hydrogen-bond acceptors (Lipinski definition) is 3. The van der Waals surface area contributed by atoms with Crippen molar-refractivity contribution >= 4 is 0 Å². The maximum absolute atomic E-state index is 6.04. The van der Waals surface area contributed by atoms with Gasteiger partial charge in [-0.15, -0.1) is 0 Å². The topological polar surface area (TPSA) is 34.1 Å². The van der Waals surface area contributed by atoms with Crippen molar-refractivity contribution in [2.75, 3.05) is 0 Å². The average Bonchev–Trinajstić information content (AvgIpc) is 3.30. The number of nitrogens with zero attached hydrogens (tertiary/aromatic N) is 1. The maximum Gasteiger partial charge on any atom is 0.146 e. The Balaban J connectivity index is 1.73. The highest BCUT2D eigenvalue weighted by atomic mass is 16.5. The van der Waals surface area contributed by atoms with E-state index in [1.165, 1.54) is 24.0 Å². The number of para-hydroxylation sites is 1. The van der Waals surface area contributed by atoms with Gasteiger partial charge in [-0.3, -0.25) is 4.98 Å². The number of nitrogens with one attached hydrogen (secondary N) is 1. The Kier molecular flexibility index (Phi) is 4.20. The van der Waals surface area contributed by atoms with Crippen molar-refractivity contribution in [3.8, 4) is 11.5 Å². The smallest absolute Gasteiger partial charge is 0.146 e. The van der Waals surface area contributed by atoms with Crippen molar-refractivity contribution in [3.63, 3.8) is 0 Å². The summed E-state index contributed by atoms with van der Waals surface area (Å²) in [6, 6.07) is 11.0. The van der Waals surface area contributed by atoms with E-state index in [0.29, 0.717) is 12.0 Å². The summed E-state index contributed by atoms with van der Waals surface area (Å²) in [5, 5.41) is 3.50. The molecule has 1 heterocycles. The quantitative estimate of drug-likeness (QED) is 0.860. The number of rotatable bonds is 6. The standard InChI is InChI=1S/C18H22N2O/c1-13(2)17-5-3-4-6-18(17)21-16-9-14(10-19-12-16)11-20-15-7-8-15/h3-6,9-10,12-13,15,20H,7-8,11H2,1-2H3. The van der Waals surface area contributed by atoms with Gasteiger partial charge in [-0.1, -0.05) is 32.0 Å². The van der Waals surface area contributed by atoms with Crippen LogP contribution in [-0.4, -0.2) is 11.0 Å². The third-order valence-corrected chi connectivity index (χ3v) is 3.71. The molecule has 0 bridgehead atoms. The summed E-state index contributed by atoms with van der Waals surface area (Å²) in [6.07, 6.45) is 6.27. The summed E-state index contributed by atoms with van der Waals surface area (Å²) in [5.74, 6) is 2.16. The molecule has 110 valence electrons. The minimum atomic E-state index is 0.439. The van der Waals surface area contributed by atoms with Gasteiger partial charge in [0.25, 0.3) is 0 Å². The molecule has 0 saturated heterocycles. The molecule has 3 rings (SSSR count). The zero-order valence-electron chi connectivity index (χ0n) is 12.7. The van der Waals surface area contributed by atoms with Gasteiger partial charge >= 0.3 is 0 Å². The minimum Gasteiger partial charge on any atom is -0.455 e. The normalized spacial score (nSPS) is 14.4. The van der Waals surface area contributed by atoms with Crippen LogP contribution < -0.4 is 10.1 Å². The molecule has 21 heavy (non-hydrogen) atoms. The summed E-state index contributed by atoms with van der Waals surface area (Å²) in [6.45, 7) is 5.22. The van der Waals surface area contributed by atoms with Crippen LogP contribution in [0.25, 0.3) is 0 Å². The van der Waals surface area contributed by atoms with E-state index < -0.39 is 0 Å². The van der Waals surface area contributed by atoms with E-state index in [9.17, 15) is 0 Å². The van der Waals surface area contributed by atoms with E-state index in [1.54, 1.807) is 6.20 Å². The number of benzene rings is 1. The van der Waals surface area contributed by atoms with Crippen molar-refractivity contribution in [2.24, 2.45) is 0 Å². The van der Waals surface area contributed by atoms with Gasteiger partial charge in [0, 0.05) is 18.8 Å². The highest BCUT2D eigenvalue weighted by Gasteiger charge is 2.20. The first-order valence-corrected chi connectivity index (χ1v) is 7.66. The Bertz CT molecular complexity index is 606. The predicted molar refractivity (Wildman–Crippen MR) is 84.7 cm³/mol. The molecule has 1 aromatic carbocycles. The Hall–Kier alpha value is -1.87. The summed E-state index contributed by atoms with van der Waals surface area (Å²) in [5.41, 5.74) is 2.39. The number of aromatic nitrogens is 1. The second-order valence-electron chi connectivity index (χ2n) is 5.98. The van der Waals surface area contributed by atoms with E-state index >= 15 is 0 Å². The molecule has 3 heteroatoms. The lowest BCUT2D eigenvalue weighted by Gasteiger charge is -2.14. The molecule has 1 saturated carbocycles. The van der Waals surface area contributed by atoms with Crippen molar-refractivity contribution in [1.29, 1.82) is 0 Å². The highest BCUT2D eigenvalue weighted by molar-refractivity contribution is 5.39. The number of pyridine rings is 1. The van der Waals surface area contributed by atoms with Crippen molar-refractivity contribution in [2.45, 2.75) is 45.2 Å². The predicted octanol–water partition coefficient (Wildman–Crippen LogP) is 4.25. The molecule has 0 spiro atoms. The van der Waals surface area contributed by atoms with E-state index in [1.807, 2.05) is 18.3 Å². The van der Waals surface area contributed by atoms with E-state index in [0.717, 1.165) is 18.0 Å². The van der Waals surface area contributed by atoms with E-state index in [2.05, 4.69) is 42.3 Å². The van der Waals surface area contributed by atoms with Crippen molar-refractivity contribution in [3.05, 3.63) is 53.9 Å². The van der Waals surface area contributed by atoms with Crippen LogP contribution in [0.15, 0.2) is 42.7 Å². The SMILES string of the molecule is CC(C)c1ccccc1Oc1cncc(CNC2CC2)c1. The minimum absolute atomic E-state index is 0.439. The van der Waals surface area contributed by atoms with Crippen LogP contribution in [0.1, 0.15) is 43.7 Å². The van der Waals surface area contributed by atoms with Gasteiger partial charge in [0.05, 0.1) is 6.20 Å². The van der Waals surface area contributed by atoms with Crippen LogP contribution >= 0.6 is 0 Å². The average molecular weight is 282 g/mol. The summed E-state index contributed by atoms with van der Waals surface area (Å²) >= 11 is 0. The van der Waals surface area contributed by atoms with E-state index in [-0.39, 0.29) is 0 Å². The number of hydrogen-bond donors (Lipinski definition) is 1. The molecule has 3 nitrogen and oxygen atoms in total. The molecule has 0 atom stereocenters. The highest BCUT2D eigenvalue weighted by Crippen LogP contribution is 2.30. The Morgan fingerprint density at radius 1 is 1.24 bits per heavy atom. The molecule has 2 aromatic rings. The lowest BCUT2D eigenvalue weighted by atomic mass is 10.0. The second kappa shape index (κ2) is 6.27. The number of ether oxygens (including phenoxy) is 1. The van der Waals surface area contributed by atoms with Gasteiger partial charge < -0.3 is 10.1 Å². The summed E-state index contributed by atoms with van der Waals surface area (Å²) in [7, 11) is 0. The third kappa shape index (κ3) is 3.82. The summed E-state index contributed by atoms with van der Waals surface area (Å²) in [4.78, 5) is 4.29. The zero-order valence-corrected chi connectivity index (χ0v) is 12.7.